The quantitative estimate of drug-likeness (QED) is 0.483. The molecule has 3 amide bonds. The van der Waals surface area contributed by atoms with Crippen molar-refractivity contribution in [1.29, 1.82) is 0 Å². The van der Waals surface area contributed by atoms with Gasteiger partial charge < -0.3 is 20.9 Å². The maximum atomic E-state index is 12.6. The molecule has 31 heavy (non-hydrogen) atoms. The van der Waals surface area contributed by atoms with E-state index >= 15 is 0 Å². The van der Waals surface area contributed by atoms with Crippen LogP contribution in [0.1, 0.15) is 32.6 Å². The number of carbonyl (C=O) groups is 3. The number of nitrogens with zero attached hydrogens (tertiary/aromatic N) is 3. The lowest BCUT2D eigenvalue weighted by Gasteiger charge is -2.19. The number of hydrogen-bond donors (Lipinski definition) is 3. The average Bonchev–Trinajstić information content (AvgIpc) is 3.06. The zero-order chi connectivity index (χ0) is 22.1. The Labute approximate surface area is 181 Å². The smallest absolute Gasteiger partial charge is 0.315 e. The van der Waals surface area contributed by atoms with Gasteiger partial charge in [0, 0.05) is 44.7 Å². The molecule has 2 heterocycles. The fraction of sp³-hybridized carbons (Fsp3) is 0.409. The molecular weight excluding hydrogens is 396 g/mol. The molecule has 3 N–H and O–H groups in total. The number of benzene rings is 1. The summed E-state index contributed by atoms with van der Waals surface area (Å²) in [6.45, 7) is 3.52. The van der Waals surface area contributed by atoms with E-state index < -0.39 is 11.8 Å². The topological polar surface area (TPSA) is 116 Å². The van der Waals surface area contributed by atoms with Gasteiger partial charge in [-0.05, 0) is 12.8 Å². The molecule has 0 aliphatic carbocycles. The third kappa shape index (κ3) is 6.77. The minimum atomic E-state index is -0.705. The molecule has 0 radical (unpaired) electrons. The van der Waals surface area contributed by atoms with E-state index in [1.54, 1.807) is 11.0 Å². The van der Waals surface area contributed by atoms with E-state index in [2.05, 4.69) is 25.9 Å². The number of rotatable bonds is 6. The van der Waals surface area contributed by atoms with E-state index in [1.807, 2.05) is 30.3 Å². The monoisotopic (exact) mass is 424 g/mol. The molecule has 3 rings (SSSR count). The Balaban J connectivity index is 1.75. The maximum absolute atomic E-state index is 12.6. The van der Waals surface area contributed by atoms with Crippen molar-refractivity contribution in [3.8, 4) is 11.4 Å². The summed E-state index contributed by atoms with van der Waals surface area (Å²) in [5.41, 5.74) is 0.780. The molecule has 0 bridgehead atoms. The Morgan fingerprint density at radius 3 is 2.29 bits per heavy atom. The van der Waals surface area contributed by atoms with Gasteiger partial charge in [-0.1, -0.05) is 43.2 Å². The summed E-state index contributed by atoms with van der Waals surface area (Å²) < 4.78 is 0. The Bertz CT molecular complexity index is 911. The van der Waals surface area contributed by atoms with Crippen LogP contribution >= 0.6 is 0 Å². The summed E-state index contributed by atoms with van der Waals surface area (Å²) in [6.07, 6.45) is 3.97. The largest absolute Gasteiger partial charge is 0.368 e. The number of hydrogen-bond acceptors (Lipinski definition) is 6. The van der Waals surface area contributed by atoms with E-state index in [9.17, 15) is 14.4 Å². The predicted octanol–water partition coefficient (Wildman–Crippen LogP) is 2.03. The minimum absolute atomic E-state index is 0.116. The van der Waals surface area contributed by atoms with Crippen molar-refractivity contribution in [2.75, 3.05) is 36.8 Å². The number of nitrogens with one attached hydrogen (secondary N) is 3. The molecule has 0 saturated carbocycles. The lowest BCUT2D eigenvalue weighted by Crippen LogP contribution is -2.40. The fourth-order valence-corrected chi connectivity index (χ4v) is 3.33. The second-order valence-corrected chi connectivity index (χ2v) is 7.40. The van der Waals surface area contributed by atoms with Crippen LogP contribution in [0, 0.1) is 0 Å². The van der Waals surface area contributed by atoms with Crippen molar-refractivity contribution in [3.63, 3.8) is 0 Å². The highest BCUT2D eigenvalue weighted by atomic mass is 16.2. The maximum Gasteiger partial charge on any atom is 0.315 e. The van der Waals surface area contributed by atoms with E-state index in [0.717, 1.165) is 31.2 Å². The van der Waals surface area contributed by atoms with Gasteiger partial charge in [0.05, 0.1) is 0 Å². The van der Waals surface area contributed by atoms with Gasteiger partial charge in [0.1, 0.15) is 11.6 Å². The van der Waals surface area contributed by atoms with Crippen LogP contribution in [0.25, 0.3) is 11.4 Å². The Morgan fingerprint density at radius 2 is 1.61 bits per heavy atom. The van der Waals surface area contributed by atoms with E-state index in [0.29, 0.717) is 37.8 Å². The summed E-state index contributed by atoms with van der Waals surface area (Å²) in [7, 11) is 0. The van der Waals surface area contributed by atoms with Crippen molar-refractivity contribution >= 4 is 29.4 Å². The zero-order valence-corrected chi connectivity index (χ0v) is 17.7. The molecule has 2 aromatic rings. The molecule has 9 heteroatoms. The highest BCUT2D eigenvalue weighted by molar-refractivity contribution is 6.39. The van der Waals surface area contributed by atoms with Gasteiger partial charge in [-0.2, -0.15) is 0 Å². The molecule has 9 nitrogen and oxygen atoms in total. The number of aromatic nitrogens is 2. The predicted molar refractivity (Wildman–Crippen MR) is 118 cm³/mol. The second kappa shape index (κ2) is 11.1. The Kier molecular flexibility index (Phi) is 7.91. The first-order chi connectivity index (χ1) is 15.0. The Hall–Kier alpha value is -3.49. The normalized spacial score (nSPS) is 13.8. The fourth-order valence-electron chi connectivity index (χ4n) is 3.33. The summed E-state index contributed by atoms with van der Waals surface area (Å²) in [6, 6.07) is 10.9. The number of carbonyl (C=O) groups excluding carboxylic acids is 3. The van der Waals surface area contributed by atoms with Crippen molar-refractivity contribution in [2.24, 2.45) is 0 Å². The molecule has 1 fully saturated rings. The summed E-state index contributed by atoms with van der Waals surface area (Å²) in [4.78, 5) is 46.7. The number of anilines is 2. The van der Waals surface area contributed by atoms with Crippen LogP contribution in [0.3, 0.4) is 0 Å². The first-order valence-corrected chi connectivity index (χ1v) is 10.6. The van der Waals surface area contributed by atoms with Gasteiger partial charge in [0.2, 0.25) is 5.91 Å². The number of likely N-dealkylation sites (tertiary alicyclic amines) is 1. The van der Waals surface area contributed by atoms with Crippen LogP contribution in [0.5, 0.6) is 0 Å². The lowest BCUT2D eigenvalue weighted by atomic mass is 10.2. The third-order valence-corrected chi connectivity index (χ3v) is 4.89. The molecule has 1 saturated heterocycles. The van der Waals surface area contributed by atoms with Crippen LogP contribution < -0.4 is 16.0 Å². The molecule has 1 aromatic heterocycles. The summed E-state index contributed by atoms with van der Waals surface area (Å²) in [5.74, 6) is -0.219. The third-order valence-electron chi connectivity index (χ3n) is 4.89. The van der Waals surface area contributed by atoms with Crippen LogP contribution in [-0.2, 0) is 14.4 Å². The number of amides is 3. The second-order valence-electron chi connectivity index (χ2n) is 7.40. The van der Waals surface area contributed by atoms with Crippen LogP contribution in [0.2, 0.25) is 0 Å². The molecular formula is C22H28N6O3. The first-order valence-electron chi connectivity index (χ1n) is 10.6. The van der Waals surface area contributed by atoms with Crippen molar-refractivity contribution in [2.45, 2.75) is 32.6 Å². The van der Waals surface area contributed by atoms with E-state index in [4.69, 9.17) is 0 Å². The van der Waals surface area contributed by atoms with Gasteiger partial charge in [-0.3, -0.25) is 14.4 Å². The van der Waals surface area contributed by atoms with Gasteiger partial charge in [0.15, 0.2) is 5.82 Å². The molecule has 0 spiro atoms. The molecule has 1 aromatic carbocycles. The minimum Gasteiger partial charge on any atom is -0.368 e. The van der Waals surface area contributed by atoms with Gasteiger partial charge >= 0.3 is 11.8 Å². The van der Waals surface area contributed by atoms with Crippen LogP contribution in [-0.4, -0.2) is 58.8 Å². The summed E-state index contributed by atoms with van der Waals surface area (Å²) in [5, 5.41) is 8.44. The van der Waals surface area contributed by atoms with Crippen molar-refractivity contribution < 1.29 is 14.4 Å². The zero-order valence-electron chi connectivity index (χ0n) is 17.7. The average molecular weight is 425 g/mol. The highest BCUT2D eigenvalue weighted by Gasteiger charge is 2.23. The SMILES string of the molecule is CC(=O)NCCNc1cc(NC(=O)C(=O)N2CCCCCC2)nc(-c2ccccc2)n1. The first kappa shape index (κ1) is 22.2. The van der Waals surface area contributed by atoms with Crippen molar-refractivity contribution in [1.82, 2.24) is 20.2 Å². The Morgan fingerprint density at radius 1 is 0.935 bits per heavy atom. The molecule has 1 aliphatic rings. The van der Waals surface area contributed by atoms with Gasteiger partial charge in [0.25, 0.3) is 0 Å². The molecule has 164 valence electrons. The van der Waals surface area contributed by atoms with Gasteiger partial charge in [-0.25, -0.2) is 9.97 Å². The van der Waals surface area contributed by atoms with Crippen molar-refractivity contribution in [3.05, 3.63) is 36.4 Å². The van der Waals surface area contributed by atoms with Crippen LogP contribution in [0.15, 0.2) is 36.4 Å². The van der Waals surface area contributed by atoms with Gasteiger partial charge in [-0.15, -0.1) is 0 Å². The van der Waals surface area contributed by atoms with E-state index in [1.165, 1.54) is 6.92 Å². The highest BCUT2D eigenvalue weighted by Crippen LogP contribution is 2.20. The van der Waals surface area contributed by atoms with E-state index in [-0.39, 0.29) is 11.7 Å². The molecule has 0 atom stereocenters. The summed E-state index contributed by atoms with van der Waals surface area (Å²) >= 11 is 0. The standard InChI is InChI=1S/C22H28N6O3/c1-16(29)23-11-12-24-18-15-19(26-20(25-18)17-9-5-4-6-10-17)27-21(30)22(31)28-13-7-2-3-8-14-28/h4-6,9-10,15H,2-3,7-8,11-14H2,1H3,(H,23,29)(H2,24,25,26,27,30). The lowest BCUT2D eigenvalue weighted by molar-refractivity contribution is -0.143. The van der Waals surface area contributed by atoms with Crippen LogP contribution in [0.4, 0.5) is 11.6 Å². The molecule has 1 aliphatic heterocycles. The molecule has 0 unspecified atom stereocenters.